The quantitative estimate of drug-likeness (QED) is 0.104. The molecule has 0 amide bonds. The first-order chi connectivity index (χ1) is 40.6. The van der Waals surface area contributed by atoms with E-state index in [0.29, 0.717) is 44.3 Å². The molecule has 0 atom stereocenters. The predicted molar refractivity (Wildman–Crippen MR) is 294 cm³/mol. The number of rotatable bonds is 11. The van der Waals surface area contributed by atoms with Crippen LogP contribution < -0.4 is 15.2 Å². The van der Waals surface area contributed by atoms with E-state index in [1.54, 1.807) is 18.2 Å². The number of thiazole rings is 3. The van der Waals surface area contributed by atoms with Crippen molar-refractivity contribution in [2.75, 3.05) is 0 Å². The third kappa shape index (κ3) is 18.0. The maximum atomic E-state index is 14.3. The van der Waals surface area contributed by atoms with Crippen molar-refractivity contribution in [1.82, 2.24) is 25.1 Å². The van der Waals surface area contributed by atoms with Crippen LogP contribution in [-0.4, -0.2) is 53.8 Å². The Bertz CT molecular complexity index is 3520. The van der Waals surface area contributed by atoms with Gasteiger partial charge in [0.05, 0.1) is 87.8 Å². The summed E-state index contributed by atoms with van der Waals surface area (Å²) >= 11 is 4.30. The maximum Gasteiger partial charge on any atom is 0.439 e. The van der Waals surface area contributed by atoms with Crippen LogP contribution in [0.5, 0.6) is 17.2 Å². The largest absolute Gasteiger partial charge is 0.508 e. The first-order valence-electron chi connectivity index (χ1n) is 27.0. The molecule has 462 valence electrons. The summed E-state index contributed by atoms with van der Waals surface area (Å²) in [7, 11) is 0. The number of nitrogens with zero attached hydrogens (tertiary/aromatic N) is 6. The molecule has 0 aliphatic heterocycles. The van der Waals surface area contributed by atoms with Crippen molar-refractivity contribution in [2.45, 2.75) is 154 Å². The van der Waals surface area contributed by atoms with E-state index >= 15 is 0 Å². The third-order valence-electron chi connectivity index (χ3n) is 15.0. The fourth-order valence-electron chi connectivity index (χ4n) is 9.99. The molecular formula is C58H57F12N7O6S3. The molecule has 4 heterocycles. The maximum absolute atomic E-state index is 14.3. The Morgan fingerprint density at radius 2 is 0.942 bits per heavy atom. The van der Waals surface area contributed by atoms with Crippen LogP contribution in [0.15, 0.2) is 63.9 Å². The van der Waals surface area contributed by atoms with E-state index in [0.717, 1.165) is 58.9 Å². The van der Waals surface area contributed by atoms with E-state index in [1.165, 1.54) is 70.4 Å². The highest BCUT2D eigenvalue weighted by Crippen LogP contribution is 2.47. The molecule has 10 rings (SSSR count). The second-order valence-corrected chi connectivity index (χ2v) is 24.1. The van der Waals surface area contributed by atoms with Gasteiger partial charge in [-0.3, -0.25) is 9.51 Å². The molecule has 13 nitrogen and oxygen atoms in total. The van der Waals surface area contributed by atoms with Gasteiger partial charge < -0.3 is 19.7 Å². The normalized spacial score (nSPS) is 19.7. The van der Waals surface area contributed by atoms with Gasteiger partial charge in [0.15, 0.2) is 5.82 Å². The van der Waals surface area contributed by atoms with Crippen LogP contribution in [0.1, 0.15) is 153 Å². The molecule has 3 aliphatic carbocycles. The molecular weight excluding hydrogens is 1210 g/mol. The van der Waals surface area contributed by atoms with Crippen LogP contribution in [0.4, 0.5) is 52.7 Å². The van der Waals surface area contributed by atoms with E-state index in [1.807, 2.05) is 20.8 Å². The standard InChI is InChI=1S/C20H19F4N3O3S.C19H18F4N2OS.C12H16F3NOS.C7H4FNO/c1-10-16(31-18(25-10)11-2-4-12(5-3-11)20(22,23)24)9-29-13-6-7-14(15(21)8-13)17-26-19(28)30-27-17;1-11-17(10-26-15-7-4-13(9-24)16(20)8-15)27-18(25-11)12-2-5-14(6-3-12)19(21,22)23;1-7-10(6-17)18-11(16-7)8-2-4-9(5-3-8)12(13,14)15;8-7-3-6(10)2-1-5(7)4-9/h6-8,11-12H,2-5,9H2,1H3,(H,26,27,28);4,7-8,12,14H,2-3,5-6,10H2,1H3;8-9,17H,2-6H2,1H3;1-3,10H. The zero-order valence-electron chi connectivity index (χ0n) is 46.2. The van der Waals surface area contributed by atoms with E-state index in [-0.39, 0.29) is 110 Å². The SMILES string of the molecule is Cc1nc(C2CCC(C(F)(F)F)CC2)sc1CO.Cc1nc(C2CCC(C(F)(F)F)CC2)sc1COc1ccc(-c2noc(=O)[nH]2)c(F)c1.Cc1nc(C2CCC(C(F)(F)F)CC2)sc1COc1ccc(C#N)c(F)c1.N#Cc1ccc(O)cc1F. The Balaban J connectivity index is 0.000000175. The number of halogens is 12. The topological polar surface area (TPSA) is 204 Å². The first-order valence-corrected chi connectivity index (χ1v) is 29.5. The highest BCUT2D eigenvalue weighted by atomic mass is 32.1. The lowest BCUT2D eigenvalue weighted by atomic mass is 9.82. The molecule has 4 aromatic heterocycles. The van der Waals surface area contributed by atoms with Gasteiger partial charge in [0.25, 0.3) is 0 Å². The molecule has 0 unspecified atom stereocenters. The Hall–Kier alpha value is -7.01. The van der Waals surface area contributed by atoms with E-state index in [9.17, 15) is 57.5 Å². The fraction of sp³-hybridized carbons (Fsp3) is 0.466. The smallest absolute Gasteiger partial charge is 0.439 e. The van der Waals surface area contributed by atoms with Crippen LogP contribution in [0, 0.1) is 78.6 Å². The zero-order valence-corrected chi connectivity index (χ0v) is 48.7. The van der Waals surface area contributed by atoms with Crippen molar-refractivity contribution in [3.05, 3.63) is 140 Å². The number of aryl methyl sites for hydroxylation is 3. The number of phenolic OH excluding ortho intramolecular Hbond substituents is 1. The number of ether oxygens (including phenoxy) is 2. The molecule has 3 saturated carbocycles. The minimum Gasteiger partial charge on any atom is -0.508 e. The molecule has 3 aliphatic rings. The van der Waals surface area contributed by atoms with Gasteiger partial charge in [-0.1, -0.05) is 5.16 Å². The number of aromatic amines is 1. The molecule has 3 N–H and O–H groups in total. The Kier molecular flexibility index (Phi) is 22.5. The first kappa shape index (κ1) is 66.5. The highest BCUT2D eigenvalue weighted by Gasteiger charge is 2.44. The van der Waals surface area contributed by atoms with Gasteiger partial charge in [-0.25, -0.2) is 32.9 Å². The second kappa shape index (κ2) is 29.1. The highest BCUT2D eigenvalue weighted by molar-refractivity contribution is 7.12. The summed E-state index contributed by atoms with van der Waals surface area (Å²) in [4.78, 5) is 29.3. The van der Waals surface area contributed by atoms with Gasteiger partial charge in [0, 0.05) is 36.0 Å². The Morgan fingerprint density at radius 3 is 1.28 bits per heavy atom. The fourth-order valence-corrected chi connectivity index (χ4v) is 13.4. The lowest BCUT2D eigenvalue weighted by Crippen LogP contribution is -2.27. The number of aliphatic hydroxyl groups excluding tert-OH is 1. The van der Waals surface area contributed by atoms with Crippen molar-refractivity contribution < 1.29 is 76.9 Å². The number of benzene rings is 3. The minimum atomic E-state index is -4.13. The molecule has 7 aromatic rings. The second-order valence-electron chi connectivity index (χ2n) is 20.8. The zero-order chi connectivity index (χ0) is 62.7. The molecule has 0 saturated heterocycles. The van der Waals surface area contributed by atoms with Gasteiger partial charge in [0.1, 0.15) is 60.1 Å². The van der Waals surface area contributed by atoms with Crippen LogP contribution in [0.2, 0.25) is 0 Å². The number of H-pyrrole nitrogens is 1. The van der Waals surface area contributed by atoms with Crippen LogP contribution >= 0.6 is 34.0 Å². The van der Waals surface area contributed by atoms with E-state index in [4.69, 9.17) is 30.2 Å². The number of aliphatic hydroxyl groups is 1. The van der Waals surface area contributed by atoms with Crippen molar-refractivity contribution in [2.24, 2.45) is 17.8 Å². The number of aromatic nitrogens is 5. The monoisotopic (exact) mass is 1270 g/mol. The number of hydrogen-bond acceptors (Lipinski definition) is 15. The molecule has 3 fully saturated rings. The van der Waals surface area contributed by atoms with Crippen molar-refractivity contribution in [3.63, 3.8) is 0 Å². The van der Waals surface area contributed by atoms with Gasteiger partial charge in [-0.2, -0.15) is 50.0 Å². The summed E-state index contributed by atoms with van der Waals surface area (Å²) in [6, 6.07) is 15.0. The van der Waals surface area contributed by atoms with Gasteiger partial charge in [-0.05, 0) is 134 Å². The third-order valence-corrected chi connectivity index (χ3v) is 18.9. The molecule has 86 heavy (non-hydrogen) atoms. The Labute approximate surface area is 497 Å². The average molecular weight is 1270 g/mol. The summed E-state index contributed by atoms with van der Waals surface area (Å²) < 4.78 is 171. The van der Waals surface area contributed by atoms with Gasteiger partial charge >= 0.3 is 24.3 Å². The van der Waals surface area contributed by atoms with Gasteiger partial charge in [0.2, 0.25) is 0 Å². The summed E-state index contributed by atoms with van der Waals surface area (Å²) in [6.07, 6.45) is -8.38. The number of nitriles is 2. The number of nitrogens with one attached hydrogen (secondary N) is 1. The van der Waals surface area contributed by atoms with Gasteiger partial charge in [-0.15, -0.1) is 34.0 Å². The lowest BCUT2D eigenvalue weighted by molar-refractivity contribution is -0.183. The van der Waals surface area contributed by atoms with E-state index in [2.05, 4.69) is 29.6 Å². The lowest BCUT2D eigenvalue weighted by Gasteiger charge is -2.28. The minimum absolute atomic E-state index is 0.0164. The summed E-state index contributed by atoms with van der Waals surface area (Å²) in [5.74, 6) is -5.70. The number of phenols is 1. The predicted octanol–water partition coefficient (Wildman–Crippen LogP) is 16.4. The van der Waals surface area contributed by atoms with Crippen LogP contribution in [-0.2, 0) is 19.8 Å². The summed E-state index contributed by atoms with van der Waals surface area (Å²) in [6.45, 7) is 5.81. The molecule has 28 heteroatoms. The Morgan fingerprint density at radius 1 is 0.570 bits per heavy atom. The number of hydrogen-bond donors (Lipinski definition) is 3. The van der Waals surface area contributed by atoms with Crippen molar-refractivity contribution >= 4 is 34.0 Å². The van der Waals surface area contributed by atoms with E-state index < -0.39 is 59.5 Å². The molecule has 0 bridgehead atoms. The average Bonchev–Trinajstić information content (AvgIpc) is 3.60. The van der Waals surface area contributed by atoms with Crippen LogP contribution in [0.25, 0.3) is 11.4 Å². The number of alkyl halides is 9. The molecule has 0 spiro atoms. The molecule has 0 radical (unpaired) electrons. The molecule has 3 aromatic carbocycles. The summed E-state index contributed by atoms with van der Waals surface area (Å²) in [5, 5.41) is 40.8. The van der Waals surface area contributed by atoms with Crippen LogP contribution in [0.3, 0.4) is 0 Å². The van der Waals surface area contributed by atoms with Crippen molar-refractivity contribution in [1.29, 1.82) is 10.5 Å². The number of aromatic hydroxyl groups is 1. The summed E-state index contributed by atoms with van der Waals surface area (Å²) in [5.41, 5.74) is 2.31. The van der Waals surface area contributed by atoms with Crippen molar-refractivity contribution in [3.8, 4) is 40.8 Å².